The summed E-state index contributed by atoms with van der Waals surface area (Å²) >= 11 is 6.26. The number of nitrogens with one attached hydrogen (secondary N) is 1. The van der Waals surface area contributed by atoms with Crippen molar-refractivity contribution in [3.05, 3.63) is 22.7 Å². The third kappa shape index (κ3) is 5.38. The molecule has 0 spiro atoms. The van der Waals surface area contributed by atoms with Gasteiger partial charge in [0, 0.05) is 19.6 Å². The molecule has 1 aromatic rings. The smallest absolute Gasteiger partial charge is 0.179 e. The van der Waals surface area contributed by atoms with E-state index in [1.54, 1.807) is 0 Å². The van der Waals surface area contributed by atoms with E-state index in [2.05, 4.69) is 5.32 Å². The first-order valence-corrected chi connectivity index (χ1v) is 8.08. The molecule has 0 aliphatic carbocycles. The fraction of sp³-hybridized carbons (Fsp3) is 0.625. The highest BCUT2D eigenvalue weighted by molar-refractivity contribution is 6.32. The number of fused-ring (bicyclic) bond motifs is 1. The second kappa shape index (κ2) is 9.13. The van der Waals surface area contributed by atoms with E-state index in [1.165, 1.54) is 0 Å². The molecule has 1 aliphatic rings. The van der Waals surface area contributed by atoms with Crippen LogP contribution in [0.2, 0.25) is 5.02 Å². The molecule has 2 rings (SSSR count). The Labute approximate surface area is 131 Å². The third-order valence-corrected chi connectivity index (χ3v) is 3.73. The molecule has 118 valence electrons. The lowest BCUT2D eigenvalue weighted by atomic mass is 10.1. The molecule has 4 nitrogen and oxygen atoms in total. The van der Waals surface area contributed by atoms with Crippen molar-refractivity contribution in [3.8, 4) is 11.5 Å². The van der Waals surface area contributed by atoms with Gasteiger partial charge in [-0.05, 0) is 37.1 Å². The van der Waals surface area contributed by atoms with E-state index in [1.807, 2.05) is 12.1 Å². The van der Waals surface area contributed by atoms with Gasteiger partial charge in [0.25, 0.3) is 0 Å². The van der Waals surface area contributed by atoms with Crippen LogP contribution in [0.15, 0.2) is 12.1 Å². The summed E-state index contributed by atoms with van der Waals surface area (Å²) in [7, 11) is 0. The summed E-state index contributed by atoms with van der Waals surface area (Å²) in [6, 6.07) is 3.94. The molecule has 1 heterocycles. The van der Waals surface area contributed by atoms with Crippen molar-refractivity contribution in [3.63, 3.8) is 0 Å². The van der Waals surface area contributed by atoms with Gasteiger partial charge in [-0.25, -0.2) is 0 Å². The van der Waals surface area contributed by atoms with Gasteiger partial charge >= 0.3 is 0 Å². The van der Waals surface area contributed by atoms with Crippen LogP contribution in [0, 0.1) is 0 Å². The Morgan fingerprint density at radius 3 is 2.76 bits per heavy atom. The van der Waals surface area contributed by atoms with Gasteiger partial charge in [0.15, 0.2) is 11.5 Å². The predicted molar refractivity (Wildman–Crippen MR) is 84.3 cm³/mol. The van der Waals surface area contributed by atoms with Crippen molar-refractivity contribution in [2.45, 2.75) is 38.6 Å². The lowest BCUT2D eigenvalue weighted by Gasteiger charge is -2.12. The molecule has 0 saturated carbocycles. The van der Waals surface area contributed by atoms with Crippen LogP contribution in [0.1, 0.15) is 37.7 Å². The Morgan fingerprint density at radius 2 is 1.90 bits per heavy atom. The van der Waals surface area contributed by atoms with Gasteiger partial charge < -0.3 is 19.9 Å². The molecule has 1 aromatic carbocycles. The summed E-state index contributed by atoms with van der Waals surface area (Å²) in [5, 5.41) is 12.7. The van der Waals surface area contributed by atoms with Gasteiger partial charge in [-0.3, -0.25) is 0 Å². The highest BCUT2D eigenvalue weighted by Gasteiger charge is 2.15. The second-order valence-electron chi connectivity index (χ2n) is 5.27. The molecular weight excluding hydrogens is 290 g/mol. The zero-order valence-corrected chi connectivity index (χ0v) is 13.1. The quantitative estimate of drug-likeness (QED) is 0.724. The van der Waals surface area contributed by atoms with E-state index in [0.29, 0.717) is 30.6 Å². The molecule has 0 radical (unpaired) electrons. The summed E-state index contributed by atoms with van der Waals surface area (Å²) in [5.74, 6) is 1.42. The van der Waals surface area contributed by atoms with Gasteiger partial charge in [-0.2, -0.15) is 0 Å². The Balaban J connectivity index is 1.78. The number of hydrogen-bond acceptors (Lipinski definition) is 4. The average molecular weight is 314 g/mol. The normalized spacial score (nSPS) is 14.0. The minimum absolute atomic E-state index is 0.295. The van der Waals surface area contributed by atoms with E-state index < -0.39 is 0 Å². The van der Waals surface area contributed by atoms with Crippen LogP contribution in [-0.2, 0) is 6.54 Å². The Bertz CT molecular complexity index is 440. The Morgan fingerprint density at radius 1 is 1.10 bits per heavy atom. The van der Waals surface area contributed by atoms with Crippen molar-refractivity contribution in [2.75, 3.05) is 26.4 Å². The molecule has 1 aliphatic heterocycles. The number of halogens is 1. The number of ether oxygens (including phenoxy) is 2. The number of benzene rings is 1. The van der Waals surface area contributed by atoms with E-state index in [4.69, 9.17) is 26.2 Å². The molecule has 5 heteroatoms. The summed E-state index contributed by atoms with van der Waals surface area (Å²) in [4.78, 5) is 0. The van der Waals surface area contributed by atoms with Crippen LogP contribution in [0.3, 0.4) is 0 Å². The fourth-order valence-corrected chi connectivity index (χ4v) is 2.62. The summed E-state index contributed by atoms with van der Waals surface area (Å²) in [5.41, 5.74) is 1.11. The van der Waals surface area contributed by atoms with Crippen molar-refractivity contribution < 1.29 is 14.6 Å². The van der Waals surface area contributed by atoms with Gasteiger partial charge in [0.2, 0.25) is 0 Å². The van der Waals surface area contributed by atoms with Gasteiger partial charge in [0.1, 0.15) is 0 Å². The largest absolute Gasteiger partial charge is 0.489 e. The molecule has 21 heavy (non-hydrogen) atoms. The second-order valence-corrected chi connectivity index (χ2v) is 5.68. The van der Waals surface area contributed by atoms with Crippen molar-refractivity contribution >= 4 is 11.6 Å². The zero-order chi connectivity index (χ0) is 14.9. The Kier molecular flexibility index (Phi) is 7.13. The SMILES string of the molecule is OCCCCCCNCc1cc(Cl)c2c(c1)OCCCO2. The van der Waals surface area contributed by atoms with Crippen LogP contribution < -0.4 is 14.8 Å². The summed E-state index contributed by atoms with van der Waals surface area (Å²) < 4.78 is 11.3. The highest BCUT2D eigenvalue weighted by atomic mass is 35.5. The maximum absolute atomic E-state index is 8.71. The van der Waals surface area contributed by atoms with Crippen molar-refractivity contribution in [1.82, 2.24) is 5.32 Å². The van der Waals surface area contributed by atoms with Crippen LogP contribution in [0.4, 0.5) is 0 Å². The number of rotatable bonds is 8. The molecule has 0 amide bonds. The average Bonchev–Trinajstić information content (AvgIpc) is 2.72. The fourth-order valence-electron chi connectivity index (χ4n) is 2.33. The molecular formula is C16H24ClNO3. The van der Waals surface area contributed by atoms with Crippen LogP contribution in [0.5, 0.6) is 11.5 Å². The maximum Gasteiger partial charge on any atom is 0.179 e. The first kappa shape index (κ1) is 16.4. The number of unbranched alkanes of at least 4 members (excludes halogenated alkanes) is 3. The van der Waals surface area contributed by atoms with E-state index in [0.717, 1.165) is 56.5 Å². The van der Waals surface area contributed by atoms with Crippen molar-refractivity contribution in [1.29, 1.82) is 0 Å². The van der Waals surface area contributed by atoms with Gasteiger partial charge in [0.05, 0.1) is 18.2 Å². The number of aliphatic hydroxyl groups is 1. The Hall–Kier alpha value is -0.970. The summed E-state index contributed by atoms with van der Waals surface area (Å²) in [6.45, 7) is 3.36. The molecule has 2 N–H and O–H groups in total. The molecule has 0 unspecified atom stereocenters. The van der Waals surface area contributed by atoms with Gasteiger partial charge in [-0.15, -0.1) is 0 Å². The van der Waals surface area contributed by atoms with E-state index in [-0.39, 0.29) is 0 Å². The molecule has 0 bridgehead atoms. The molecule has 0 saturated heterocycles. The lowest BCUT2D eigenvalue weighted by Crippen LogP contribution is -2.14. The van der Waals surface area contributed by atoms with Crippen molar-refractivity contribution in [2.24, 2.45) is 0 Å². The third-order valence-electron chi connectivity index (χ3n) is 3.45. The zero-order valence-electron chi connectivity index (χ0n) is 12.4. The first-order valence-electron chi connectivity index (χ1n) is 7.71. The van der Waals surface area contributed by atoms with Crippen LogP contribution >= 0.6 is 11.6 Å². The minimum Gasteiger partial charge on any atom is -0.489 e. The molecule has 0 aromatic heterocycles. The number of aliphatic hydroxyl groups excluding tert-OH is 1. The van der Waals surface area contributed by atoms with E-state index >= 15 is 0 Å². The molecule has 0 atom stereocenters. The topological polar surface area (TPSA) is 50.7 Å². The highest BCUT2D eigenvalue weighted by Crippen LogP contribution is 2.37. The van der Waals surface area contributed by atoms with Crippen LogP contribution in [-0.4, -0.2) is 31.5 Å². The summed E-state index contributed by atoms with van der Waals surface area (Å²) in [6.07, 6.45) is 5.14. The predicted octanol–water partition coefficient (Wildman–Crippen LogP) is 3.14. The number of hydrogen-bond donors (Lipinski definition) is 2. The maximum atomic E-state index is 8.71. The standard InChI is InChI=1S/C16H24ClNO3/c17-14-10-13(12-18-6-3-1-2-4-7-19)11-15-16(14)21-9-5-8-20-15/h10-11,18-19H,1-9,12H2. The van der Waals surface area contributed by atoms with Gasteiger partial charge in [-0.1, -0.05) is 24.4 Å². The monoisotopic (exact) mass is 313 g/mol. The minimum atomic E-state index is 0.295. The van der Waals surface area contributed by atoms with Crippen LogP contribution in [0.25, 0.3) is 0 Å². The first-order chi connectivity index (χ1) is 10.3. The van der Waals surface area contributed by atoms with E-state index in [9.17, 15) is 0 Å². The lowest BCUT2D eigenvalue weighted by molar-refractivity contribution is 0.282. The molecule has 0 fully saturated rings.